The van der Waals surface area contributed by atoms with Crippen LogP contribution in [0.2, 0.25) is 0 Å². The van der Waals surface area contributed by atoms with Crippen LogP contribution in [0.15, 0.2) is 23.1 Å². The van der Waals surface area contributed by atoms with Gasteiger partial charge < -0.3 is 9.47 Å². The van der Waals surface area contributed by atoms with Crippen LogP contribution in [-0.4, -0.2) is 15.2 Å². The van der Waals surface area contributed by atoms with Gasteiger partial charge in [0.2, 0.25) is 6.79 Å². The van der Waals surface area contributed by atoms with Crippen molar-refractivity contribution in [2.24, 2.45) is 0 Å². The van der Waals surface area contributed by atoms with E-state index in [-0.39, 0.29) is 18.3 Å². The summed E-state index contributed by atoms with van der Waals surface area (Å²) in [7, 11) is -4.73. The smallest absolute Gasteiger partial charge is 0.335 e. The van der Waals surface area contributed by atoms with Crippen molar-refractivity contribution in [3.8, 4) is 11.5 Å². The Morgan fingerprint density at radius 3 is 2.77 bits per heavy atom. The summed E-state index contributed by atoms with van der Waals surface area (Å²) in [5.74, 6) is 0.198. The van der Waals surface area contributed by atoms with Crippen molar-refractivity contribution >= 4 is 10.2 Å². The minimum Gasteiger partial charge on any atom is -0.454 e. The molecule has 1 aromatic carbocycles. The van der Waals surface area contributed by atoms with Crippen molar-refractivity contribution in [3.63, 3.8) is 0 Å². The van der Waals surface area contributed by atoms with Crippen LogP contribution < -0.4 is 9.47 Å². The first kappa shape index (κ1) is 8.31. The molecule has 1 heterocycles. The monoisotopic (exact) mass is 204 g/mol. The number of halogens is 1. The number of ether oxygens (including phenoxy) is 2. The molecule has 0 spiro atoms. The fourth-order valence-electron chi connectivity index (χ4n) is 1.10. The normalized spacial score (nSPS) is 14.5. The van der Waals surface area contributed by atoms with Crippen LogP contribution in [0.3, 0.4) is 0 Å². The molecule has 1 aliphatic heterocycles. The highest BCUT2D eigenvalue weighted by Crippen LogP contribution is 2.38. The number of hydrogen-bond acceptors (Lipinski definition) is 4. The minimum absolute atomic E-state index is 0.0509. The molecule has 0 aromatic heterocycles. The summed E-state index contributed by atoms with van der Waals surface area (Å²) in [5, 5.41) is 0. The highest BCUT2D eigenvalue weighted by atomic mass is 32.3. The van der Waals surface area contributed by atoms with Gasteiger partial charge in [0.15, 0.2) is 11.5 Å². The van der Waals surface area contributed by atoms with Crippen molar-refractivity contribution in [3.05, 3.63) is 18.2 Å². The second-order valence-electron chi connectivity index (χ2n) is 2.43. The summed E-state index contributed by atoms with van der Waals surface area (Å²) >= 11 is 0. The standard InChI is InChI=1S/C7H5FO4S/c8-13(9,10)6-3-1-2-5-7(6)12-4-11-5/h1-3H,4H2. The molecule has 0 bridgehead atoms. The molecule has 0 atom stereocenters. The van der Waals surface area contributed by atoms with E-state index in [4.69, 9.17) is 9.47 Å². The summed E-state index contributed by atoms with van der Waals surface area (Å²) in [6.45, 7) is -0.0815. The fourth-order valence-corrected chi connectivity index (χ4v) is 1.72. The molecule has 2 rings (SSSR count). The zero-order valence-corrected chi connectivity index (χ0v) is 7.17. The third-order valence-electron chi connectivity index (χ3n) is 1.62. The number of para-hydroxylation sites is 1. The average Bonchev–Trinajstić information content (AvgIpc) is 2.48. The molecule has 0 unspecified atom stereocenters. The quantitative estimate of drug-likeness (QED) is 0.642. The average molecular weight is 204 g/mol. The topological polar surface area (TPSA) is 52.6 Å². The lowest BCUT2D eigenvalue weighted by Gasteiger charge is -1.99. The zero-order chi connectivity index (χ0) is 9.47. The van der Waals surface area contributed by atoms with Crippen molar-refractivity contribution < 1.29 is 21.8 Å². The molecule has 70 valence electrons. The summed E-state index contributed by atoms with van der Waals surface area (Å²) in [4.78, 5) is -0.484. The van der Waals surface area contributed by atoms with Gasteiger partial charge in [-0.05, 0) is 12.1 Å². The molecule has 0 amide bonds. The van der Waals surface area contributed by atoms with E-state index in [9.17, 15) is 12.3 Å². The van der Waals surface area contributed by atoms with E-state index in [1.54, 1.807) is 0 Å². The molecule has 0 radical (unpaired) electrons. The van der Waals surface area contributed by atoms with Gasteiger partial charge in [-0.25, -0.2) is 0 Å². The Morgan fingerprint density at radius 1 is 1.31 bits per heavy atom. The van der Waals surface area contributed by atoms with E-state index in [2.05, 4.69) is 0 Å². The van der Waals surface area contributed by atoms with Gasteiger partial charge in [0, 0.05) is 0 Å². The first-order valence-electron chi connectivity index (χ1n) is 3.42. The van der Waals surface area contributed by atoms with Crippen LogP contribution in [0.4, 0.5) is 3.89 Å². The van der Waals surface area contributed by atoms with Crippen LogP contribution in [0.25, 0.3) is 0 Å². The van der Waals surface area contributed by atoms with Crippen LogP contribution in [0.1, 0.15) is 0 Å². The first-order chi connectivity index (χ1) is 6.09. The molecule has 0 fully saturated rings. The lowest BCUT2D eigenvalue weighted by Crippen LogP contribution is -1.96. The van der Waals surface area contributed by atoms with E-state index in [1.807, 2.05) is 0 Å². The molecule has 0 N–H and O–H groups in total. The molecule has 1 aromatic rings. The Balaban J connectivity index is 2.67. The number of benzene rings is 1. The van der Waals surface area contributed by atoms with Gasteiger partial charge in [0.05, 0.1) is 0 Å². The molecule has 0 saturated carbocycles. The van der Waals surface area contributed by atoms with Crippen LogP contribution >= 0.6 is 0 Å². The predicted molar refractivity (Wildman–Crippen MR) is 40.9 cm³/mol. The Hall–Kier alpha value is -1.30. The van der Waals surface area contributed by atoms with Gasteiger partial charge in [-0.3, -0.25) is 0 Å². The lowest BCUT2D eigenvalue weighted by atomic mass is 10.3. The van der Waals surface area contributed by atoms with Crippen molar-refractivity contribution in [1.29, 1.82) is 0 Å². The number of hydrogen-bond donors (Lipinski definition) is 0. The fraction of sp³-hybridized carbons (Fsp3) is 0.143. The van der Waals surface area contributed by atoms with Crippen LogP contribution in [-0.2, 0) is 10.2 Å². The Morgan fingerprint density at radius 2 is 2.08 bits per heavy atom. The molecule has 6 heteroatoms. The van der Waals surface area contributed by atoms with Crippen molar-refractivity contribution in [1.82, 2.24) is 0 Å². The lowest BCUT2D eigenvalue weighted by molar-refractivity contribution is 0.172. The summed E-state index contributed by atoms with van der Waals surface area (Å²) in [5.41, 5.74) is 0. The maximum absolute atomic E-state index is 12.6. The maximum Gasteiger partial charge on any atom is 0.335 e. The van der Waals surface area contributed by atoms with E-state index < -0.39 is 15.1 Å². The highest BCUT2D eigenvalue weighted by Gasteiger charge is 2.25. The number of fused-ring (bicyclic) bond motifs is 1. The molecule has 13 heavy (non-hydrogen) atoms. The molecular weight excluding hydrogens is 199 g/mol. The van der Waals surface area contributed by atoms with E-state index in [0.717, 1.165) is 6.07 Å². The Labute approximate surface area is 74.1 Å². The van der Waals surface area contributed by atoms with Gasteiger partial charge >= 0.3 is 10.2 Å². The van der Waals surface area contributed by atoms with Crippen molar-refractivity contribution in [2.45, 2.75) is 4.90 Å². The third-order valence-corrected chi connectivity index (χ3v) is 2.47. The van der Waals surface area contributed by atoms with Gasteiger partial charge in [0.1, 0.15) is 4.90 Å². The minimum atomic E-state index is -4.73. The molecular formula is C7H5FO4S. The Bertz CT molecular complexity index is 440. The van der Waals surface area contributed by atoms with E-state index in [0.29, 0.717) is 0 Å². The van der Waals surface area contributed by atoms with Gasteiger partial charge in [-0.1, -0.05) is 6.07 Å². The third kappa shape index (κ3) is 1.33. The highest BCUT2D eigenvalue weighted by molar-refractivity contribution is 7.86. The van der Waals surface area contributed by atoms with Crippen LogP contribution in [0.5, 0.6) is 11.5 Å². The first-order valence-corrected chi connectivity index (χ1v) is 4.80. The largest absolute Gasteiger partial charge is 0.454 e. The Kier molecular flexibility index (Phi) is 1.66. The molecule has 0 aliphatic carbocycles. The van der Waals surface area contributed by atoms with E-state index in [1.165, 1.54) is 12.1 Å². The summed E-state index contributed by atoms with van der Waals surface area (Å²) in [6.07, 6.45) is 0. The second-order valence-corrected chi connectivity index (χ2v) is 3.74. The zero-order valence-electron chi connectivity index (χ0n) is 6.36. The maximum atomic E-state index is 12.6. The molecule has 4 nitrogen and oxygen atoms in total. The van der Waals surface area contributed by atoms with Crippen LogP contribution in [0, 0.1) is 0 Å². The molecule has 0 saturated heterocycles. The SMILES string of the molecule is O=S(=O)(F)c1cccc2c1OCO2. The van der Waals surface area contributed by atoms with Gasteiger partial charge in [0.25, 0.3) is 0 Å². The second kappa shape index (κ2) is 2.59. The number of rotatable bonds is 1. The van der Waals surface area contributed by atoms with Crippen molar-refractivity contribution in [2.75, 3.05) is 6.79 Å². The van der Waals surface area contributed by atoms with E-state index >= 15 is 0 Å². The predicted octanol–water partition coefficient (Wildman–Crippen LogP) is 1.07. The molecule has 1 aliphatic rings. The van der Waals surface area contributed by atoms with Gasteiger partial charge in [-0.15, -0.1) is 3.89 Å². The summed E-state index contributed by atoms with van der Waals surface area (Å²) < 4.78 is 43.5. The summed E-state index contributed by atoms with van der Waals surface area (Å²) in [6, 6.07) is 4.03. The van der Waals surface area contributed by atoms with Gasteiger partial charge in [-0.2, -0.15) is 8.42 Å².